The van der Waals surface area contributed by atoms with E-state index in [1.807, 2.05) is 30.3 Å². The minimum Gasteiger partial charge on any atom is -0.354 e. The summed E-state index contributed by atoms with van der Waals surface area (Å²) in [6.45, 7) is 0.589. The number of carbonyl (C=O) groups is 1. The second kappa shape index (κ2) is 6.75. The highest BCUT2D eigenvalue weighted by Crippen LogP contribution is 2.31. The fraction of sp³-hybridized carbons (Fsp3) is 0.316. The van der Waals surface area contributed by atoms with Crippen LogP contribution in [0.5, 0.6) is 0 Å². The van der Waals surface area contributed by atoms with Gasteiger partial charge in [-0.05, 0) is 35.4 Å². The maximum Gasteiger partial charge on any atom is 0.224 e. The summed E-state index contributed by atoms with van der Waals surface area (Å²) in [5.74, 6) is 0.661. The smallest absolute Gasteiger partial charge is 0.224 e. The lowest BCUT2D eigenvalue weighted by molar-refractivity contribution is -0.120. The van der Waals surface area contributed by atoms with Gasteiger partial charge in [0.15, 0.2) is 0 Å². The highest BCUT2D eigenvalue weighted by Gasteiger charge is 2.28. The number of nitrogens with one attached hydrogen (secondary N) is 1. The SMILES string of the molecule is NC(CNC(=O)Cc1ccc(-c2ccccc2)cc1)C1CC1. The van der Waals surface area contributed by atoms with Crippen molar-refractivity contribution in [2.24, 2.45) is 11.7 Å². The van der Waals surface area contributed by atoms with Gasteiger partial charge >= 0.3 is 0 Å². The molecule has 0 aliphatic heterocycles. The van der Waals surface area contributed by atoms with Crippen molar-refractivity contribution in [1.82, 2.24) is 5.32 Å². The molecule has 0 saturated heterocycles. The van der Waals surface area contributed by atoms with Crippen molar-refractivity contribution >= 4 is 5.91 Å². The van der Waals surface area contributed by atoms with Crippen molar-refractivity contribution in [3.8, 4) is 11.1 Å². The molecule has 2 aromatic rings. The van der Waals surface area contributed by atoms with Gasteiger partial charge in [0, 0.05) is 12.6 Å². The summed E-state index contributed by atoms with van der Waals surface area (Å²) < 4.78 is 0. The Labute approximate surface area is 131 Å². The van der Waals surface area contributed by atoms with Crippen LogP contribution in [-0.2, 0) is 11.2 Å². The van der Waals surface area contributed by atoms with Gasteiger partial charge in [0.2, 0.25) is 5.91 Å². The summed E-state index contributed by atoms with van der Waals surface area (Å²) >= 11 is 0. The molecule has 2 aromatic carbocycles. The first-order valence-electron chi connectivity index (χ1n) is 7.89. The number of hydrogen-bond donors (Lipinski definition) is 2. The zero-order chi connectivity index (χ0) is 15.4. The molecule has 1 amide bonds. The minimum atomic E-state index is 0.0450. The van der Waals surface area contributed by atoms with E-state index in [0.29, 0.717) is 18.9 Å². The fourth-order valence-corrected chi connectivity index (χ4v) is 2.62. The van der Waals surface area contributed by atoms with Crippen molar-refractivity contribution < 1.29 is 4.79 Å². The molecule has 0 spiro atoms. The van der Waals surface area contributed by atoms with Crippen LogP contribution in [0.15, 0.2) is 54.6 Å². The Balaban J connectivity index is 1.53. The van der Waals surface area contributed by atoms with Crippen molar-refractivity contribution in [1.29, 1.82) is 0 Å². The Hall–Kier alpha value is -2.13. The number of carbonyl (C=O) groups excluding carboxylic acids is 1. The van der Waals surface area contributed by atoms with Crippen LogP contribution in [0.4, 0.5) is 0 Å². The molecule has 1 unspecified atom stereocenters. The van der Waals surface area contributed by atoms with E-state index >= 15 is 0 Å². The maximum atomic E-state index is 11.9. The molecule has 1 fully saturated rings. The number of rotatable bonds is 6. The molecule has 0 radical (unpaired) electrons. The van der Waals surface area contributed by atoms with Gasteiger partial charge < -0.3 is 11.1 Å². The molecule has 3 N–H and O–H groups in total. The fourth-order valence-electron chi connectivity index (χ4n) is 2.62. The Bertz CT molecular complexity index is 618. The lowest BCUT2D eigenvalue weighted by Gasteiger charge is -2.11. The molecule has 1 aliphatic carbocycles. The van der Waals surface area contributed by atoms with E-state index in [-0.39, 0.29) is 11.9 Å². The van der Waals surface area contributed by atoms with Crippen molar-refractivity contribution in [3.05, 3.63) is 60.2 Å². The monoisotopic (exact) mass is 294 g/mol. The summed E-state index contributed by atoms with van der Waals surface area (Å²) in [6.07, 6.45) is 2.82. The van der Waals surface area contributed by atoms with Gasteiger partial charge in [-0.15, -0.1) is 0 Å². The van der Waals surface area contributed by atoms with E-state index < -0.39 is 0 Å². The van der Waals surface area contributed by atoms with E-state index in [4.69, 9.17) is 5.73 Å². The van der Waals surface area contributed by atoms with Gasteiger partial charge in [0.1, 0.15) is 0 Å². The third-order valence-corrected chi connectivity index (χ3v) is 4.19. The predicted molar refractivity (Wildman–Crippen MR) is 89.3 cm³/mol. The zero-order valence-corrected chi connectivity index (χ0v) is 12.7. The van der Waals surface area contributed by atoms with E-state index in [1.165, 1.54) is 24.0 Å². The Morgan fingerprint density at radius 3 is 2.32 bits per heavy atom. The van der Waals surface area contributed by atoms with Crippen molar-refractivity contribution in [2.45, 2.75) is 25.3 Å². The molecule has 1 atom stereocenters. The van der Waals surface area contributed by atoms with Crippen LogP contribution >= 0.6 is 0 Å². The molecule has 0 aromatic heterocycles. The number of amides is 1. The lowest BCUT2D eigenvalue weighted by atomic mass is 10.0. The second-order valence-corrected chi connectivity index (χ2v) is 6.05. The molecule has 1 aliphatic rings. The Morgan fingerprint density at radius 1 is 1.05 bits per heavy atom. The number of benzene rings is 2. The van der Waals surface area contributed by atoms with E-state index in [1.54, 1.807) is 0 Å². The average Bonchev–Trinajstić information content (AvgIpc) is 3.39. The van der Waals surface area contributed by atoms with Gasteiger partial charge in [0.05, 0.1) is 6.42 Å². The standard InChI is InChI=1S/C19H22N2O/c20-18(17-10-11-17)13-21-19(22)12-14-6-8-16(9-7-14)15-4-2-1-3-5-15/h1-9,17-18H,10-13,20H2,(H,21,22). The normalized spacial score (nSPS) is 15.3. The molecule has 0 bridgehead atoms. The number of nitrogens with two attached hydrogens (primary N) is 1. The predicted octanol–water partition coefficient (Wildman–Crippen LogP) is 2.75. The third-order valence-electron chi connectivity index (χ3n) is 4.19. The van der Waals surface area contributed by atoms with Crippen LogP contribution in [0.3, 0.4) is 0 Å². The van der Waals surface area contributed by atoms with E-state index in [9.17, 15) is 4.79 Å². The van der Waals surface area contributed by atoms with Crippen molar-refractivity contribution in [2.75, 3.05) is 6.54 Å². The average molecular weight is 294 g/mol. The van der Waals surface area contributed by atoms with Crippen LogP contribution in [0.1, 0.15) is 18.4 Å². The second-order valence-electron chi connectivity index (χ2n) is 6.05. The first-order valence-corrected chi connectivity index (χ1v) is 7.89. The molecule has 0 heterocycles. The topological polar surface area (TPSA) is 55.1 Å². The van der Waals surface area contributed by atoms with Crippen LogP contribution in [0.25, 0.3) is 11.1 Å². The molecular weight excluding hydrogens is 272 g/mol. The zero-order valence-electron chi connectivity index (χ0n) is 12.7. The van der Waals surface area contributed by atoms with Gasteiger partial charge in [-0.25, -0.2) is 0 Å². The molecule has 3 rings (SSSR count). The first kappa shape index (κ1) is 14.8. The minimum absolute atomic E-state index is 0.0450. The molecular formula is C19H22N2O. The third kappa shape index (κ3) is 3.95. The first-order chi connectivity index (χ1) is 10.7. The summed E-state index contributed by atoms with van der Waals surface area (Å²) in [7, 11) is 0. The van der Waals surface area contributed by atoms with Gasteiger partial charge in [-0.2, -0.15) is 0 Å². The maximum absolute atomic E-state index is 11.9. The van der Waals surface area contributed by atoms with Gasteiger partial charge in [-0.1, -0.05) is 54.6 Å². The summed E-state index contributed by atoms with van der Waals surface area (Å²) in [5.41, 5.74) is 9.37. The largest absolute Gasteiger partial charge is 0.354 e. The van der Waals surface area contributed by atoms with E-state index in [0.717, 1.165) is 5.56 Å². The van der Waals surface area contributed by atoms with Gasteiger partial charge in [0.25, 0.3) is 0 Å². The highest BCUT2D eigenvalue weighted by molar-refractivity contribution is 5.78. The van der Waals surface area contributed by atoms with E-state index in [2.05, 4.69) is 29.6 Å². The van der Waals surface area contributed by atoms with Gasteiger partial charge in [-0.3, -0.25) is 4.79 Å². The van der Waals surface area contributed by atoms with Crippen LogP contribution in [0.2, 0.25) is 0 Å². The van der Waals surface area contributed by atoms with Crippen molar-refractivity contribution in [3.63, 3.8) is 0 Å². The van der Waals surface area contributed by atoms with Crippen LogP contribution < -0.4 is 11.1 Å². The molecule has 1 saturated carbocycles. The summed E-state index contributed by atoms with van der Waals surface area (Å²) in [4.78, 5) is 11.9. The summed E-state index contributed by atoms with van der Waals surface area (Å²) in [6, 6.07) is 18.5. The Morgan fingerprint density at radius 2 is 1.68 bits per heavy atom. The highest BCUT2D eigenvalue weighted by atomic mass is 16.1. The molecule has 22 heavy (non-hydrogen) atoms. The molecule has 114 valence electrons. The summed E-state index contributed by atoms with van der Waals surface area (Å²) in [5, 5.41) is 2.93. The van der Waals surface area contributed by atoms with Crippen LogP contribution in [0, 0.1) is 5.92 Å². The molecule has 3 heteroatoms. The quantitative estimate of drug-likeness (QED) is 0.860. The number of hydrogen-bond acceptors (Lipinski definition) is 2. The molecule has 3 nitrogen and oxygen atoms in total. The Kier molecular flexibility index (Phi) is 4.54. The lowest BCUT2D eigenvalue weighted by Crippen LogP contribution is -2.39. The van der Waals surface area contributed by atoms with Crippen LogP contribution in [-0.4, -0.2) is 18.5 Å².